The summed E-state index contributed by atoms with van der Waals surface area (Å²) >= 11 is 0. The predicted octanol–water partition coefficient (Wildman–Crippen LogP) is 0.349. The van der Waals surface area contributed by atoms with Crippen LogP contribution >= 0.6 is 0 Å². The summed E-state index contributed by atoms with van der Waals surface area (Å²) in [7, 11) is 0. The van der Waals surface area contributed by atoms with Gasteiger partial charge in [-0.25, -0.2) is 9.37 Å². The number of nitrogen functional groups attached to an aromatic ring is 1. The van der Waals surface area contributed by atoms with Crippen LogP contribution in [0.4, 0.5) is 10.3 Å². The molecular formula is C10H12FN5O2. The molecular weight excluding hydrogens is 241 g/mol. The minimum absolute atomic E-state index is 0.0225. The van der Waals surface area contributed by atoms with E-state index in [-0.39, 0.29) is 17.7 Å². The van der Waals surface area contributed by atoms with Crippen LogP contribution in [0.1, 0.15) is 19.1 Å². The monoisotopic (exact) mass is 253 g/mol. The number of H-pyrrole nitrogens is 1. The van der Waals surface area contributed by atoms with E-state index in [0.717, 1.165) is 0 Å². The minimum Gasteiger partial charge on any atom is -0.369 e. The average Bonchev–Trinajstić information content (AvgIpc) is 2.93. The quantitative estimate of drug-likeness (QED) is 0.804. The number of rotatable bonds is 2. The van der Waals surface area contributed by atoms with Crippen LogP contribution in [0.5, 0.6) is 0 Å². The number of aromatic nitrogens is 4. The number of nitrogens with one attached hydrogen (secondary N) is 1. The first-order valence-electron chi connectivity index (χ1n) is 5.63. The van der Waals surface area contributed by atoms with E-state index in [1.807, 2.05) is 0 Å². The molecule has 8 heteroatoms. The van der Waals surface area contributed by atoms with Crippen LogP contribution in [0.3, 0.4) is 0 Å². The Bertz CT molecular complexity index is 637. The highest BCUT2D eigenvalue weighted by atomic mass is 19.1. The molecule has 2 aromatic heterocycles. The lowest BCUT2D eigenvalue weighted by molar-refractivity contribution is -0.00610. The van der Waals surface area contributed by atoms with Gasteiger partial charge in [0.25, 0.3) is 5.56 Å². The molecule has 0 radical (unpaired) electrons. The molecule has 0 unspecified atom stereocenters. The number of nitrogens with two attached hydrogens (primary N) is 1. The molecule has 0 amide bonds. The second-order valence-corrected chi connectivity index (χ2v) is 4.22. The van der Waals surface area contributed by atoms with Gasteiger partial charge in [0, 0.05) is 0 Å². The van der Waals surface area contributed by atoms with Crippen LogP contribution in [0.25, 0.3) is 11.2 Å². The van der Waals surface area contributed by atoms with Gasteiger partial charge in [-0.3, -0.25) is 14.3 Å². The zero-order valence-corrected chi connectivity index (χ0v) is 9.47. The summed E-state index contributed by atoms with van der Waals surface area (Å²) < 4.78 is 19.6. The molecule has 2 aromatic rings. The van der Waals surface area contributed by atoms with Gasteiger partial charge < -0.3 is 10.5 Å². The number of nitrogens with zero attached hydrogens (tertiary/aromatic N) is 3. The fraction of sp³-hybridized carbons (Fsp3) is 0.500. The topological polar surface area (TPSA) is 98.8 Å². The van der Waals surface area contributed by atoms with Crippen molar-refractivity contribution in [1.82, 2.24) is 19.5 Å². The van der Waals surface area contributed by atoms with Gasteiger partial charge in [0.2, 0.25) is 5.95 Å². The smallest absolute Gasteiger partial charge is 0.280 e. The molecule has 0 aliphatic carbocycles. The molecule has 3 heterocycles. The Hall–Kier alpha value is -1.96. The number of hydrogen-bond acceptors (Lipinski definition) is 5. The number of hydrogen-bond donors (Lipinski definition) is 2. The molecule has 1 aliphatic heterocycles. The summed E-state index contributed by atoms with van der Waals surface area (Å²) in [6.07, 6.45) is 2.03. The van der Waals surface area contributed by atoms with Crippen molar-refractivity contribution in [2.24, 2.45) is 0 Å². The number of imidazole rings is 1. The third-order valence-corrected chi connectivity index (χ3v) is 3.02. The number of aromatic amines is 1. The van der Waals surface area contributed by atoms with E-state index in [1.54, 1.807) is 4.57 Å². The maximum Gasteiger partial charge on any atom is 0.280 e. The SMILES string of the molecule is Nc1nc2c(ncn2[C@H]2CC[C@H](CF)O2)c(=O)[nH]1. The van der Waals surface area contributed by atoms with Gasteiger partial charge in [0.1, 0.15) is 12.9 Å². The van der Waals surface area contributed by atoms with Crippen molar-refractivity contribution in [2.45, 2.75) is 25.2 Å². The molecule has 3 rings (SSSR count). The van der Waals surface area contributed by atoms with Crippen molar-refractivity contribution < 1.29 is 9.13 Å². The molecule has 1 aliphatic rings. The Kier molecular flexibility index (Phi) is 2.51. The molecule has 1 saturated heterocycles. The van der Waals surface area contributed by atoms with Gasteiger partial charge in [0.05, 0.1) is 12.4 Å². The van der Waals surface area contributed by atoms with Gasteiger partial charge in [-0.15, -0.1) is 0 Å². The molecule has 96 valence electrons. The van der Waals surface area contributed by atoms with Crippen molar-refractivity contribution in [3.8, 4) is 0 Å². The number of anilines is 1. The maximum absolute atomic E-state index is 12.5. The molecule has 0 aromatic carbocycles. The van der Waals surface area contributed by atoms with Crippen LogP contribution in [-0.4, -0.2) is 32.3 Å². The van der Waals surface area contributed by atoms with Crippen molar-refractivity contribution in [2.75, 3.05) is 12.4 Å². The summed E-state index contributed by atoms with van der Waals surface area (Å²) in [5.41, 5.74) is 5.67. The highest BCUT2D eigenvalue weighted by Crippen LogP contribution is 2.29. The van der Waals surface area contributed by atoms with Crippen LogP contribution < -0.4 is 11.3 Å². The highest BCUT2D eigenvalue weighted by Gasteiger charge is 2.28. The van der Waals surface area contributed by atoms with Gasteiger partial charge in [0.15, 0.2) is 11.2 Å². The van der Waals surface area contributed by atoms with Gasteiger partial charge >= 0.3 is 0 Å². The third-order valence-electron chi connectivity index (χ3n) is 3.02. The minimum atomic E-state index is -0.515. The largest absolute Gasteiger partial charge is 0.369 e. The predicted molar refractivity (Wildman–Crippen MR) is 61.7 cm³/mol. The van der Waals surface area contributed by atoms with Crippen molar-refractivity contribution in [3.63, 3.8) is 0 Å². The fourth-order valence-electron chi connectivity index (χ4n) is 2.16. The number of alkyl halides is 1. The number of fused-ring (bicyclic) bond motifs is 1. The summed E-state index contributed by atoms with van der Waals surface area (Å²) in [5.74, 6) is 0.0225. The van der Waals surface area contributed by atoms with Crippen molar-refractivity contribution in [3.05, 3.63) is 16.7 Å². The fourth-order valence-corrected chi connectivity index (χ4v) is 2.16. The Morgan fingerprint density at radius 1 is 1.61 bits per heavy atom. The Morgan fingerprint density at radius 2 is 2.44 bits per heavy atom. The van der Waals surface area contributed by atoms with E-state index >= 15 is 0 Å². The zero-order chi connectivity index (χ0) is 12.7. The van der Waals surface area contributed by atoms with Crippen LogP contribution in [0, 0.1) is 0 Å². The first-order chi connectivity index (χ1) is 8.69. The third kappa shape index (κ3) is 1.65. The van der Waals surface area contributed by atoms with Gasteiger partial charge in [-0.05, 0) is 12.8 Å². The standard InChI is InChI=1S/C10H12FN5O2/c11-3-5-1-2-6(18-5)16-4-13-7-8(16)14-10(12)15-9(7)17/h4-6H,1-3H2,(H3,12,14,15,17)/t5-,6-/m1/s1. The van der Waals surface area contributed by atoms with E-state index in [9.17, 15) is 9.18 Å². The molecule has 7 nitrogen and oxygen atoms in total. The zero-order valence-electron chi connectivity index (χ0n) is 9.47. The van der Waals surface area contributed by atoms with E-state index in [0.29, 0.717) is 18.5 Å². The number of ether oxygens (including phenoxy) is 1. The first-order valence-corrected chi connectivity index (χ1v) is 5.63. The van der Waals surface area contributed by atoms with Crippen LogP contribution in [-0.2, 0) is 4.74 Å². The molecule has 18 heavy (non-hydrogen) atoms. The first kappa shape index (κ1) is 11.1. The van der Waals surface area contributed by atoms with Crippen LogP contribution in [0.2, 0.25) is 0 Å². The Balaban J connectivity index is 2.05. The van der Waals surface area contributed by atoms with E-state index in [2.05, 4.69) is 15.0 Å². The lowest BCUT2D eigenvalue weighted by atomic mass is 10.2. The van der Waals surface area contributed by atoms with E-state index < -0.39 is 18.3 Å². The summed E-state index contributed by atoms with van der Waals surface area (Å²) in [6, 6.07) is 0. The molecule has 3 N–H and O–H groups in total. The van der Waals surface area contributed by atoms with Crippen molar-refractivity contribution in [1.29, 1.82) is 0 Å². The Labute approximate surface area is 101 Å². The summed E-state index contributed by atoms with van der Waals surface area (Å²) in [4.78, 5) is 22.0. The lowest BCUT2D eigenvalue weighted by Gasteiger charge is -2.13. The van der Waals surface area contributed by atoms with Crippen LogP contribution in [0.15, 0.2) is 11.1 Å². The second kappa shape index (κ2) is 4.05. The average molecular weight is 253 g/mol. The second-order valence-electron chi connectivity index (χ2n) is 4.22. The maximum atomic E-state index is 12.5. The van der Waals surface area contributed by atoms with Gasteiger partial charge in [-0.2, -0.15) is 4.98 Å². The van der Waals surface area contributed by atoms with E-state index in [1.165, 1.54) is 6.33 Å². The van der Waals surface area contributed by atoms with Crippen molar-refractivity contribution >= 4 is 17.1 Å². The summed E-state index contributed by atoms with van der Waals surface area (Å²) in [6.45, 7) is -0.515. The normalized spacial score (nSPS) is 23.8. The summed E-state index contributed by atoms with van der Waals surface area (Å²) in [5, 5.41) is 0. The van der Waals surface area contributed by atoms with Gasteiger partial charge in [-0.1, -0.05) is 0 Å². The number of halogens is 1. The van der Waals surface area contributed by atoms with E-state index in [4.69, 9.17) is 10.5 Å². The molecule has 2 atom stereocenters. The highest BCUT2D eigenvalue weighted by molar-refractivity contribution is 5.70. The molecule has 0 bridgehead atoms. The molecule has 0 spiro atoms. The molecule has 0 saturated carbocycles. The lowest BCUT2D eigenvalue weighted by Crippen LogP contribution is -2.15. The molecule has 1 fully saturated rings. The Morgan fingerprint density at radius 3 is 3.17 bits per heavy atom.